The first kappa shape index (κ1) is 26.2. The van der Waals surface area contributed by atoms with Crippen LogP contribution in [0.2, 0.25) is 0 Å². The number of carboxylic acids is 1. The Morgan fingerprint density at radius 1 is 1.20 bits per heavy atom. The van der Waals surface area contributed by atoms with Gasteiger partial charge in [0.2, 0.25) is 17.7 Å². The number of rotatable bonds is 12. The molecule has 1 rings (SSSR count). The maximum Gasteiger partial charge on any atom is 0.326 e. The lowest BCUT2D eigenvalue weighted by molar-refractivity contribution is -0.144. The van der Waals surface area contributed by atoms with Crippen molar-refractivity contribution in [1.82, 2.24) is 15.5 Å². The molecule has 0 aliphatic carbocycles. The molecule has 4 unspecified atom stereocenters. The van der Waals surface area contributed by atoms with Crippen LogP contribution in [0.5, 0.6) is 0 Å². The van der Waals surface area contributed by atoms with Crippen LogP contribution >= 0.6 is 12.6 Å². The van der Waals surface area contributed by atoms with Gasteiger partial charge in [-0.3, -0.25) is 14.4 Å². The third kappa shape index (κ3) is 7.44. The molecule has 30 heavy (non-hydrogen) atoms. The Morgan fingerprint density at radius 3 is 2.40 bits per heavy atom. The summed E-state index contributed by atoms with van der Waals surface area (Å²) >= 11 is 4.04. The molecule has 4 atom stereocenters. The molecular formula is C19H35N5O5S. The van der Waals surface area contributed by atoms with Crippen molar-refractivity contribution in [2.75, 3.05) is 18.8 Å². The van der Waals surface area contributed by atoms with Crippen molar-refractivity contribution in [2.45, 2.75) is 70.1 Å². The molecule has 0 bridgehead atoms. The molecule has 3 amide bonds. The minimum absolute atomic E-state index is 0.166. The molecule has 1 fully saturated rings. The van der Waals surface area contributed by atoms with E-state index in [4.69, 9.17) is 11.5 Å². The summed E-state index contributed by atoms with van der Waals surface area (Å²) in [6.07, 6.45) is 2.69. The number of likely N-dealkylation sites (tertiary alicyclic amines) is 1. The minimum Gasteiger partial charge on any atom is -0.480 e. The number of hydrogen-bond donors (Lipinski definition) is 6. The summed E-state index contributed by atoms with van der Waals surface area (Å²) in [5.41, 5.74) is 11.3. The smallest absolute Gasteiger partial charge is 0.326 e. The van der Waals surface area contributed by atoms with Gasteiger partial charge in [-0.25, -0.2) is 4.79 Å². The van der Waals surface area contributed by atoms with Crippen LogP contribution in [-0.2, 0) is 19.2 Å². The highest BCUT2D eigenvalue weighted by Gasteiger charge is 2.37. The number of aliphatic carboxylic acids is 1. The zero-order chi connectivity index (χ0) is 22.8. The summed E-state index contributed by atoms with van der Waals surface area (Å²) < 4.78 is 0. The van der Waals surface area contributed by atoms with E-state index in [1.165, 1.54) is 4.90 Å². The first-order chi connectivity index (χ1) is 14.1. The fraction of sp³-hybridized carbons (Fsp3) is 0.789. The van der Waals surface area contributed by atoms with Crippen LogP contribution in [0.25, 0.3) is 0 Å². The molecule has 1 heterocycles. The van der Waals surface area contributed by atoms with E-state index in [2.05, 4.69) is 23.3 Å². The van der Waals surface area contributed by atoms with Crippen LogP contribution in [0, 0.1) is 5.92 Å². The summed E-state index contributed by atoms with van der Waals surface area (Å²) in [7, 11) is 0. The molecule has 11 heteroatoms. The Bertz CT molecular complexity index is 618. The van der Waals surface area contributed by atoms with E-state index in [1.54, 1.807) is 13.8 Å². The Hall–Kier alpha value is -1.85. The van der Waals surface area contributed by atoms with Crippen molar-refractivity contribution in [3.8, 4) is 0 Å². The number of unbranched alkanes of at least 4 members (excludes halogenated alkanes) is 1. The maximum absolute atomic E-state index is 12.9. The van der Waals surface area contributed by atoms with Crippen molar-refractivity contribution in [1.29, 1.82) is 0 Å². The summed E-state index contributed by atoms with van der Waals surface area (Å²) in [5.74, 6) is -2.66. The van der Waals surface area contributed by atoms with Gasteiger partial charge in [0, 0.05) is 12.3 Å². The third-order valence-electron chi connectivity index (χ3n) is 5.16. The van der Waals surface area contributed by atoms with Crippen LogP contribution in [0.3, 0.4) is 0 Å². The maximum atomic E-state index is 12.9. The van der Waals surface area contributed by atoms with Crippen molar-refractivity contribution in [3.63, 3.8) is 0 Å². The van der Waals surface area contributed by atoms with Crippen molar-refractivity contribution < 1.29 is 24.3 Å². The number of carbonyl (C=O) groups excluding carboxylic acids is 3. The number of nitrogens with two attached hydrogens (primary N) is 2. The van der Waals surface area contributed by atoms with E-state index < -0.39 is 42.0 Å². The second-order valence-corrected chi connectivity index (χ2v) is 8.26. The van der Waals surface area contributed by atoms with Gasteiger partial charge in [0.1, 0.15) is 18.1 Å². The van der Waals surface area contributed by atoms with Gasteiger partial charge in [-0.1, -0.05) is 13.8 Å². The first-order valence-corrected chi connectivity index (χ1v) is 11.0. The number of carbonyl (C=O) groups is 4. The molecule has 1 aliphatic heterocycles. The van der Waals surface area contributed by atoms with Gasteiger partial charge in [-0.15, -0.1) is 0 Å². The molecule has 0 aromatic heterocycles. The van der Waals surface area contributed by atoms with Crippen molar-refractivity contribution in [2.24, 2.45) is 17.4 Å². The SMILES string of the molecule is CC(C)C(NC(=O)C(CCCCN)NC(=O)C1CCCN1C(=O)C(N)CS)C(=O)O. The predicted molar refractivity (Wildman–Crippen MR) is 116 cm³/mol. The summed E-state index contributed by atoms with van der Waals surface area (Å²) in [5, 5.41) is 14.5. The lowest BCUT2D eigenvalue weighted by Gasteiger charge is -2.28. The molecule has 0 aromatic carbocycles. The largest absolute Gasteiger partial charge is 0.480 e. The van der Waals surface area contributed by atoms with E-state index in [0.29, 0.717) is 45.2 Å². The normalized spacial score (nSPS) is 19.3. The summed E-state index contributed by atoms with van der Waals surface area (Å²) in [6.45, 7) is 4.23. The lowest BCUT2D eigenvalue weighted by atomic mass is 10.0. The molecule has 1 aliphatic rings. The Balaban J connectivity index is 2.89. The van der Waals surface area contributed by atoms with Gasteiger partial charge >= 0.3 is 5.97 Å². The van der Waals surface area contributed by atoms with Gasteiger partial charge in [-0.2, -0.15) is 12.6 Å². The van der Waals surface area contributed by atoms with Crippen LogP contribution in [-0.4, -0.2) is 76.7 Å². The number of carboxylic acid groups (broad SMARTS) is 1. The van der Waals surface area contributed by atoms with E-state index >= 15 is 0 Å². The number of hydrogen-bond acceptors (Lipinski definition) is 7. The highest BCUT2D eigenvalue weighted by Crippen LogP contribution is 2.19. The average Bonchev–Trinajstić information content (AvgIpc) is 3.19. The van der Waals surface area contributed by atoms with E-state index in [9.17, 15) is 24.3 Å². The van der Waals surface area contributed by atoms with Gasteiger partial charge in [0.05, 0.1) is 6.04 Å². The predicted octanol–water partition coefficient (Wildman–Crippen LogP) is -0.926. The van der Waals surface area contributed by atoms with Crippen LogP contribution < -0.4 is 22.1 Å². The van der Waals surface area contributed by atoms with E-state index in [-0.39, 0.29) is 17.6 Å². The molecule has 7 N–H and O–H groups in total. The monoisotopic (exact) mass is 445 g/mol. The van der Waals surface area contributed by atoms with Gasteiger partial charge in [0.15, 0.2) is 0 Å². The molecule has 0 aromatic rings. The number of nitrogens with one attached hydrogen (secondary N) is 2. The quantitative estimate of drug-likeness (QED) is 0.167. The van der Waals surface area contributed by atoms with Gasteiger partial charge < -0.3 is 32.1 Å². The van der Waals surface area contributed by atoms with Gasteiger partial charge in [-0.05, 0) is 44.6 Å². The van der Waals surface area contributed by atoms with Crippen LogP contribution in [0.4, 0.5) is 0 Å². The lowest BCUT2D eigenvalue weighted by Crippen LogP contribution is -2.57. The zero-order valence-electron chi connectivity index (χ0n) is 17.7. The first-order valence-electron chi connectivity index (χ1n) is 10.3. The zero-order valence-corrected chi connectivity index (χ0v) is 18.6. The third-order valence-corrected chi connectivity index (χ3v) is 5.56. The second-order valence-electron chi connectivity index (χ2n) is 7.89. The summed E-state index contributed by atoms with van der Waals surface area (Å²) in [6, 6.07) is -3.49. The molecule has 0 spiro atoms. The topological polar surface area (TPSA) is 168 Å². The van der Waals surface area contributed by atoms with Crippen LogP contribution in [0.15, 0.2) is 0 Å². The van der Waals surface area contributed by atoms with Gasteiger partial charge in [0.25, 0.3) is 0 Å². The standard InChI is InChI=1S/C19H35N5O5S/c1-11(2)15(19(28)29)23-16(25)13(6-3-4-8-20)22-17(26)14-7-5-9-24(14)18(27)12(21)10-30/h11-15,30H,3-10,20-21H2,1-2H3,(H,22,26)(H,23,25)(H,28,29). The highest BCUT2D eigenvalue weighted by molar-refractivity contribution is 7.80. The average molecular weight is 446 g/mol. The Labute approximate surface area is 182 Å². The fourth-order valence-electron chi connectivity index (χ4n) is 3.39. The van der Waals surface area contributed by atoms with Crippen molar-refractivity contribution >= 4 is 36.3 Å². The highest BCUT2D eigenvalue weighted by atomic mass is 32.1. The number of amides is 3. The summed E-state index contributed by atoms with van der Waals surface area (Å²) in [4.78, 5) is 50.9. The molecule has 0 radical (unpaired) electrons. The molecule has 0 saturated carbocycles. The second kappa shape index (κ2) is 12.8. The number of nitrogens with zero attached hydrogens (tertiary/aromatic N) is 1. The Kier molecular flexibility index (Phi) is 11.1. The molecule has 1 saturated heterocycles. The van der Waals surface area contributed by atoms with Crippen LogP contribution in [0.1, 0.15) is 46.0 Å². The molecule has 172 valence electrons. The Morgan fingerprint density at radius 2 is 1.87 bits per heavy atom. The number of thiol groups is 1. The fourth-order valence-corrected chi connectivity index (χ4v) is 3.55. The minimum atomic E-state index is -1.14. The molecular weight excluding hydrogens is 410 g/mol. The molecule has 10 nitrogen and oxygen atoms in total. The van der Waals surface area contributed by atoms with E-state index in [1.807, 2.05) is 0 Å². The van der Waals surface area contributed by atoms with E-state index in [0.717, 1.165) is 0 Å². The van der Waals surface area contributed by atoms with Crippen molar-refractivity contribution in [3.05, 3.63) is 0 Å².